The molecule has 0 atom stereocenters. The summed E-state index contributed by atoms with van der Waals surface area (Å²) in [6.07, 6.45) is 2.02. The average Bonchev–Trinajstić information content (AvgIpc) is 3.33. The van der Waals surface area contributed by atoms with Gasteiger partial charge in [0.2, 0.25) is 5.82 Å². The Balaban J connectivity index is 1.54. The number of carbonyl (C=O) groups is 1. The Morgan fingerprint density at radius 2 is 2.00 bits per heavy atom. The Bertz CT molecular complexity index is 976. The predicted molar refractivity (Wildman–Crippen MR) is 94.3 cm³/mol. The maximum atomic E-state index is 12.1. The first-order chi connectivity index (χ1) is 12.5. The minimum Gasteiger partial charge on any atom is -0.461 e. The van der Waals surface area contributed by atoms with Crippen LogP contribution in [0.2, 0.25) is 0 Å². The van der Waals surface area contributed by atoms with E-state index in [0.29, 0.717) is 35.9 Å². The van der Waals surface area contributed by atoms with Gasteiger partial charge in [-0.25, -0.2) is 13.4 Å². The van der Waals surface area contributed by atoms with Crippen molar-refractivity contribution in [2.45, 2.75) is 18.2 Å². The first-order valence-corrected chi connectivity index (χ1v) is 9.71. The lowest BCUT2D eigenvalue weighted by atomic mass is 10.2. The lowest BCUT2D eigenvalue weighted by molar-refractivity contribution is 0.0954. The number of sulfone groups is 1. The summed E-state index contributed by atoms with van der Waals surface area (Å²) in [6, 6.07) is 9.40. The van der Waals surface area contributed by atoms with Crippen molar-refractivity contribution in [1.29, 1.82) is 0 Å². The van der Waals surface area contributed by atoms with Crippen molar-refractivity contribution in [2.24, 2.45) is 0 Å². The molecular weight excluding hydrogens is 356 g/mol. The van der Waals surface area contributed by atoms with E-state index in [9.17, 15) is 13.2 Å². The van der Waals surface area contributed by atoms with E-state index >= 15 is 0 Å². The summed E-state index contributed by atoms with van der Waals surface area (Å²) in [7, 11) is -3.27. The van der Waals surface area contributed by atoms with Gasteiger partial charge in [0, 0.05) is 18.5 Å². The minimum absolute atomic E-state index is 0.0235. The summed E-state index contributed by atoms with van der Waals surface area (Å²) in [4.78, 5) is 16.6. The third kappa shape index (κ3) is 3.99. The molecule has 1 aromatic carbocycles. The number of furan rings is 1. The van der Waals surface area contributed by atoms with Crippen molar-refractivity contribution in [3.63, 3.8) is 0 Å². The van der Waals surface area contributed by atoms with E-state index in [2.05, 4.69) is 20.5 Å². The molecule has 136 valence electrons. The average molecular weight is 374 g/mol. The second-order valence-corrected chi connectivity index (χ2v) is 7.79. The van der Waals surface area contributed by atoms with Crippen LogP contribution in [0.25, 0.3) is 11.6 Å². The van der Waals surface area contributed by atoms with E-state index in [0.717, 1.165) is 0 Å². The summed E-state index contributed by atoms with van der Waals surface area (Å²) in [6.45, 7) is 1.94. The van der Waals surface area contributed by atoms with Crippen LogP contribution < -0.4 is 5.32 Å². The summed E-state index contributed by atoms with van der Waals surface area (Å²) in [5.74, 6) is 1.40. The number of benzene rings is 1. The molecule has 1 amide bonds. The third-order valence-electron chi connectivity index (χ3n) is 3.78. The van der Waals surface area contributed by atoms with Crippen LogP contribution in [0.4, 0.5) is 0 Å². The van der Waals surface area contributed by atoms with Crippen molar-refractivity contribution in [2.75, 3.05) is 12.3 Å². The number of carbonyl (C=O) groups excluding carboxylic acids is 1. The molecule has 0 aliphatic rings. The van der Waals surface area contributed by atoms with Crippen molar-refractivity contribution in [3.8, 4) is 11.6 Å². The second-order valence-electron chi connectivity index (χ2n) is 5.52. The van der Waals surface area contributed by atoms with Gasteiger partial charge in [0.15, 0.2) is 15.6 Å². The Labute approximate surface area is 150 Å². The highest BCUT2D eigenvalue weighted by atomic mass is 32.2. The molecule has 0 saturated heterocycles. The Morgan fingerprint density at radius 3 is 2.65 bits per heavy atom. The van der Waals surface area contributed by atoms with Crippen LogP contribution in [0.15, 0.2) is 52.0 Å². The number of nitrogens with one attached hydrogen (secondary N) is 2. The molecule has 9 heteroatoms. The van der Waals surface area contributed by atoms with Gasteiger partial charge < -0.3 is 9.73 Å². The van der Waals surface area contributed by atoms with Gasteiger partial charge >= 0.3 is 0 Å². The highest BCUT2D eigenvalue weighted by Gasteiger charge is 2.13. The van der Waals surface area contributed by atoms with Gasteiger partial charge in [0.25, 0.3) is 5.91 Å². The van der Waals surface area contributed by atoms with E-state index in [4.69, 9.17) is 4.42 Å². The van der Waals surface area contributed by atoms with Crippen LogP contribution in [-0.2, 0) is 16.3 Å². The molecule has 0 spiro atoms. The number of nitrogens with zero attached hydrogens (tertiary/aromatic N) is 2. The standard InChI is InChI=1S/C17H18N4O4S/c1-2-26(23,24)13-7-5-12(6-8-13)17(22)18-10-9-15-19-16(21-20-15)14-4-3-11-25-14/h3-8,11H,2,9-10H2,1H3,(H,18,22)(H,19,20,21). The van der Waals surface area contributed by atoms with Gasteiger partial charge in [-0.1, -0.05) is 6.92 Å². The first-order valence-electron chi connectivity index (χ1n) is 8.06. The molecule has 2 N–H and O–H groups in total. The SMILES string of the molecule is CCS(=O)(=O)c1ccc(C(=O)NCCc2nc(-c3ccco3)n[nH]2)cc1. The van der Waals surface area contributed by atoms with Crippen LogP contribution in [0.3, 0.4) is 0 Å². The molecule has 2 heterocycles. The number of rotatable bonds is 7. The van der Waals surface area contributed by atoms with E-state index < -0.39 is 9.84 Å². The number of H-pyrrole nitrogens is 1. The minimum atomic E-state index is -3.27. The summed E-state index contributed by atoms with van der Waals surface area (Å²) < 4.78 is 28.8. The fourth-order valence-electron chi connectivity index (χ4n) is 2.30. The lowest BCUT2D eigenvalue weighted by Crippen LogP contribution is -2.26. The molecule has 3 rings (SSSR count). The van der Waals surface area contributed by atoms with Crippen LogP contribution >= 0.6 is 0 Å². The molecule has 0 bridgehead atoms. The molecule has 0 saturated carbocycles. The maximum absolute atomic E-state index is 12.1. The Morgan fingerprint density at radius 1 is 1.23 bits per heavy atom. The smallest absolute Gasteiger partial charge is 0.251 e. The molecule has 2 aromatic heterocycles. The van der Waals surface area contributed by atoms with Crippen LogP contribution in [0.1, 0.15) is 23.1 Å². The van der Waals surface area contributed by atoms with E-state index in [-0.39, 0.29) is 16.6 Å². The molecule has 8 nitrogen and oxygen atoms in total. The monoisotopic (exact) mass is 374 g/mol. The maximum Gasteiger partial charge on any atom is 0.251 e. The zero-order valence-electron chi connectivity index (χ0n) is 14.1. The van der Waals surface area contributed by atoms with Crippen molar-refractivity contribution < 1.29 is 17.6 Å². The van der Waals surface area contributed by atoms with Gasteiger partial charge in [0.05, 0.1) is 16.9 Å². The van der Waals surface area contributed by atoms with Gasteiger partial charge in [-0.05, 0) is 36.4 Å². The largest absolute Gasteiger partial charge is 0.461 e. The van der Waals surface area contributed by atoms with E-state index in [1.54, 1.807) is 25.3 Å². The summed E-state index contributed by atoms with van der Waals surface area (Å²) in [5.41, 5.74) is 0.397. The van der Waals surface area contributed by atoms with Crippen molar-refractivity contribution >= 4 is 15.7 Å². The van der Waals surface area contributed by atoms with E-state index in [1.165, 1.54) is 24.3 Å². The molecule has 0 unspecified atom stereocenters. The number of amides is 1. The van der Waals surface area contributed by atoms with Gasteiger partial charge in [-0.3, -0.25) is 9.89 Å². The Kier molecular flexibility index (Phi) is 5.17. The lowest BCUT2D eigenvalue weighted by Gasteiger charge is -2.05. The van der Waals surface area contributed by atoms with Crippen LogP contribution in [-0.4, -0.2) is 41.8 Å². The first kappa shape index (κ1) is 17.9. The molecule has 26 heavy (non-hydrogen) atoms. The second kappa shape index (κ2) is 7.52. The number of hydrogen-bond acceptors (Lipinski definition) is 6. The summed E-state index contributed by atoms with van der Waals surface area (Å²) in [5, 5.41) is 9.62. The van der Waals surface area contributed by atoms with Gasteiger partial charge in [-0.15, -0.1) is 0 Å². The highest BCUT2D eigenvalue weighted by Crippen LogP contribution is 2.14. The van der Waals surface area contributed by atoms with Gasteiger partial charge in [-0.2, -0.15) is 5.10 Å². The van der Waals surface area contributed by atoms with Crippen molar-refractivity contribution in [3.05, 3.63) is 54.0 Å². The predicted octanol–water partition coefficient (Wildman–Crippen LogP) is 1.83. The topological polar surface area (TPSA) is 118 Å². The third-order valence-corrected chi connectivity index (χ3v) is 5.53. The molecule has 0 radical (unpaired) electrons. The zero-order valence-corrected chi connectivity index (χ0v) is 14.9. The molecule has 0 fully saturated rings. The van der Waals surface area contributed by atoms with Gasteiger partial charge in [0.1, 0.15) is 5.82 Å². The highest BCUT2D eigenvalue weighted by molar-refractivity contribution is 7.91. The quantitative estimate of drug-likeness (QED) is 0.651. The Hall–Kier alpha value is -2.94. The molecule has 3 aromatic rings. The number of aromatic amines is 1. The molecular formula is C17H18N4O4S. The zero-order chi connectivity index (χ0) is 18.6. The molecule has 0 aliphatic carbocycles. The fraction of sp³-hybridized carbons (Fsp3) is 0.235. The normalized spacial score (nSPS) is 11.4. The molecule has 0 aliphatic heterocycles. The fourth-order valence-corrected chi connectivity index (χ4v) is 3.18. The van der Waals surface area contributed by atoms with Crippen molar-refractivity contribution in [1.82, 2.24) is 20.5 Å². The number of aromatic nitrogens is 3. The number of hydrogen-bond donors (Lipinski definition) is 2. The van der Waals surface area contributed by atoms with E-state index in [1.807, 2.05) is 0 Å². The summed E-state index contributed by atoms with van der Waals surface area (Å²) >= 11 is 0. The van der Waals surface area contributed by atoms with Crippen LogP contribution in [0, 0.1) is 0 Å². The van der Waals surface area contributed by atoms with Crippen LogP contribution in [0.5, 0.6) is 0 Å².